The smallest absolute Gasteiger partial charge is 0.0940 e. The molecule has 2 heteroatoms. The van der Waals surface area contributed by atoms with E-state index >= 15 is 0 Å². The van der Waals surface area contributed by atoms with Gasteiger partial charge in [0.25, 0.3) is 0 Å². The van der Waals surface area contributed by atoms with Crippen LogP contribution in [-0.2, 0) is 0 Å². The van der Waals surface area contributed by atoms with Gasteiger partial charge in [-0.3, -0.25) is 4.99 Å². The van der Waals surface area contributed by atoms with E-state index in [4.69, 9.17) is 5.73 Å². The first-order valence-electron chi connectivity index (χ1n) is 5.00. The molecule has 0 aliphatic carbocycles. The molecule has 0 aromatic rings. The SMILES string of the molecule is CCC(N)=NC(C)(C)CC(C)(C)C. The molecule has 0 rings (SSSR count). The van der Waals surface area contributed by atoms with Crippen molar-refractivity contribution >= 4 is 5.84 Å². The highest BCUT2D eigenvalue weighted by Crippen LogP contribution is 2.29. The third-order valence-electron chi connectivity index (χ3n) is 1.77. The average molecular weight is 184 g/mol. The Hall–Kier alpha value is -0.530. The predicted octanol–water partition coefficient (Wildman–Crippen LogP) is 2.97. The zero-order chi connectivity index (χ0) is 10.7. The number of rotatable bonds is 3. The number of nitrogens with zero attached hydrogens (tertiary/aromatic N) is 1. The summed E-state index contributed by atoms with van der Waals surface area (Å²) >= 11 is 0. The Morgan fingerprint density at radius 2 is 1.62 bits per heavy atom. The Kier molecular flexibility index (Phi) is 3.95. The van der Waals surface area contributed by atoms with E-state index in [2.05, 4.69) is 39.6 Å². The van der Waals surface area contributed by atoms with Gasteiger partial charge in [-0.05, 0) is 25.7 Å². The highest BCUT2D eigenvalue weighted by Gasteiger charge is 2.24. The lowest BCUT2D eigenvalue weighted by molar-refractivity contribution is 0.288. The Morgan fingerprint density at radius 1 is 1.15 bits per heavy atom. The topological polar surface area (TPSA) is 38.4 Å². The van der Waals surface area contributed by atoms with Crippen LogP contribution in [0.25, 0.3) is 0 Å². The van der Waals surface area contributed by atoms with Gasteiger partial charge in [-0.15, -0.1) is 0 Å². The molecule has 0 saturated heterocycles. The molecule has 0 aliphatic heterocycles. The highest BCUT2D eigenvalue weighted by atomic mass is 14.9. The molecule has 0 fully saturated rings. The van der Waals surface area contributed by atoms with Crippen molar-refractivity contribution in [3.05, 3.63) is 0 Å². The zero-order valence-electron chi connectivity index (χ0n) is 9.94. The van der Waals surface area contributed by atoms with Gasteiger partial charge in [0.1, 0.15) is 0 Å². The molecule has 13 heavy (non-hydrogen) atoms. The lowest BCUT2D eigenvalue weighted by Gasteiger charge is -2.29. The molecule has 0 aromatic carbocycles. The number of aliphatic imine (C=N–C) groups is 1. The monoisotopic (exact) mass is 184 g/mol. The second-order valence-electron chi connectivity index (χ2n) is 5.51. The Morgan fingerprint density at radius 3 is 1.92 bits per heavy atom. The molecule has 0 unspecified atom stereocenters. The van der Waals surface area contributed by atoms with E-state index in [1.165, 1.54) is 0 Å². The molecule has 0 amide bonds. The maximum Gasteiger partial charge on any atom is 0.0940 e. The van der Waals surface area contributed by atoms with E-state index in [9.17, 15) is 0 Å². The number of hydrogen-bond donors (Lipinski definition) is 1. The van der Waals surface area contributed by atoms with Gasteiger partial charge in [0, 0.05) is 6.42 Å². The van der Waals surface area contributed by atoms with Crippen LogP contribution in [0.5, 0.6) is 0 Å². The predicted molar refractivity (Wildman–Crippen MR) is 60.1 cm³/mol. The molecule has 0 spiro atoms. The molecule has 0 aromatic heterocycles. The summed E-state index contributed by atoms with van der Waals surface area (Å²) in [5.41, 5.74) is 6.01. The molecule has 2 nitrogen and oxygen atoms in total. The standard InChI is InChI=1S/C11H24N2/c1-7-9(12)13-11(5,6)8-10(2,3)4/h7-8H2,1-6H3,(H2,12,13). The zero-order valence-corrected chi connectivity index (χ0v) is 9.94. The molecule has 78 valence electrons. The maximum absolute atomic E-state index is 5.73. The fourth-order valence-electron chi connectivity index (χ4n) is 1.81. The van der Waals surface area contributed by atoms with E-state index < -0.39 is 0 Å². The van der Waals surface area contributed by atoms with Crippen LogP contribution in [0.3, 0.4) is 0 Å². The van der Waals surface area contributed by atoms with E-state index in [1.807, 2.05) is 6.92 Å². The van der Waals surface area contributed by atoms with Gasteiger partial charge in [0.2, 0.25) is 0 Å². The summed E-state index contributed by atoms with van der Waals surface area (Å²) in [7, 11) is 0. The second-order valence-corrected chi connectivity index (χ2v) is 5.51. The van der Waals surface area contributed by atoms with E-state index in [-0.39, 0.29) is 5.54 Å². The van der Waals surface area contributed by atoms with Crippen LogP contribution >= 0.6 is 0 Å². The molecule has 0 bridgehead atoms. The molecule has 0 heterocycles. The summed E-state index contributed by atoms with van der Waals surface area (Å²) in [6, 6.07) is 0. The van der Waals surface area contributed by atoms with Crippen LogP contribution in [0.1, 0.15) is 54.4 Å². The number of hydrogen-bond acceptors (Lipinski definition) is 1. The Bertz CT molecular complexity index is 185. The first kappa shape index (κ1) is 12.5. The van der Waals surface area contributed by atoms with Crippen molar-refractivity contribution < 1.29 is 0 Å². The summed E-state index contributed by atoms with van der Waals surface area (Å²) in [6.45, 7) is 13.0. The summed E-state index contributed by atoms with van der Waals surface area (Å²) < 4.78 is 0. The Labute approximate surface area is 82.6 Å². The first-order valence-corrected chi connectivity index (χ1v) is 5.00. The highest BCUT2D eigenvalue weighted by molar-refractivity contribution is 5.80. The normalized spacial score (nSPS) is 14.8. The third kappa shape index (κ3) is 6.62. The minimum absolute atomic E-state index is 0.0294. The minimum Gasteiger partial charge on any atom is -0.387 e. The van der Waals surface area contributed by atoms with Gasteiger partial charge in [-0.25, -0.2) is 0 Å². The first-order chi connectivity index (χ1) is 5.66. The summed E-state index contributed by atoms with van der Waals surface area (Å²) in [5, 5.41) is 0. The fourth-order valence-corrected chi connectivity index (χ4v) is 1.81. The van der Waals surface area contributed by atoms with Crippen LogP contribution < -0.4 is 5.73 Å². The molecule has 0 saturated carbocycles. The van der Waals surface area contributed by atoms with Gasteiger partial charge < -0.3 is 5.73 Å². The average Bonchev–Trinajstić information content (AvgIpc) is 1.80. The Balaban J connectivity index is 4.41. The molecular formula is C11H24N2. The van der Waals surface area contributed by atoms with E-state index in [0.717, 1.165) is 18.7 Å². The van der Waals surface area contributed by atoms with Crippen molar-refractivity contribution in [2.24, 2.45) is 16.1 Å². The minimum atomic E-state index is -0.0294. The molecule has 0 radical (unpaired) electrons. The molecule has 2 N–H and O–H groups in total. The van der Waals surface area contributed by atoms with Crippen molar-refractivity contribution in [1.29, 1.82) is 0 Å². The van der Waals surface area contributed by atoms with Gasteiger partial charge in [-0.1, -0.05) is 27.7 Å². The fraction of sp³-hybridized carbons (Fsp3) is 0.909. The lowest BCUT2D eigenvalue weighted by atomic mass is 9.82. The number of nitrogens with two attached hydrogens (primary N) is 1. The van der Waals surface area contributed by atoms with Crippen molar-refractivity contribution in [3.8, 4) is 0 Å². The van der Waals surface area contributed by atoms with Gasteiger partial charge in [0.05, 0.1) is 11.4 Å². The van der Waals surface area contributed by atoms with Crippen molar-refractivity contribution in [2.75, 3.05) is 0 Å². The van der Waals surface area contributed by atoms with Crippen LogP contribution in [0.2, 0.25) is 0 Å². The number of amidine groups is 1. The maximum atomic E-state index is 5.73. The van der Waals surface area contributed by atoms with Crippen LogP contribution in [0.15, 0.2) is 4.99 Å². The molecular weight excluding hydrogens is 160 g/mol. The van der Waals surface area contributed by atoms with Gasteiger partial charge in [0.15, 0.2) is 0 Å². The lowest BCUT2D eigenvalue weighted by Crippen LogP contribution is -2.28. The molecule has 0 atom stereocenters. The van der Waals surface area contributed by atoms with Crippen LogP contribution in [-0.4, -0.2) is 11.4 Å². The summed E-state index contributed by atoms with van der Waals surface area (Å²) in [5.74, 6) is 0.759. The van der Waals surface area contributed by atoms with Crippen molar-refractivity contribution in [1.82, 2.24) is 0 Å². The van der Waals surface area contributed by atoms with Crippen LogP contribution in [0, 0.1) is 5.41 Å². The van der Waals surface area contributed by atoms with Crippen molar-refractivity contribution in [3.63, 3.8) is 0 Å². The third-order valence-corrected chi connectivity index (χ3v) is 1.77. The molecule has 0 aliphatic rings. The summed E-state index contributed by atoms with van der Waals surface area (Å²) in [6.07, 6.45) is 1.90. The largest absolute Gasteiger partial charge is 0.387 e. The summed E-state index contributed by atoms with van der Waals surface area (Å²) in [4.78, 5) is 4.51. The van der Waals surface area contributed by atoms with Gasteiger partial charge in [-0.2, -0.15) is 0 Å². The van der Waals surface area contributed by atoms with Gasteiger partial charge >= 0.3 is 0 Å². The van der Waals surface area contributed by atoms with E-state index in [0.29, 0.717) is 5.41 Å². The van der Waals surface area contributed by atoms with Crippen molar-refractivity contribution in [2.45, 2.75) is 59.9 Å². The quantitative estimate of drug-likeness (QED) is 0.531. The van der Waals surface area contributed by atoms with E-state index in [1.54, 1.807) is 0 Å². The van der Waals surface area contributed by atoms with Crippen LogP contribution in [0.4, 0.5) is 0 Å². The second kappa shape index (κ2) is 4.12.